The van der Waals surface area contributed by atoms with E-state index in [0.29, 0.717) is 6.54 Å². The number of halogens is 1. The first kappa shape index (κ1) is 13.1. The Bertz CT molecular complexity index is 510. The average Bonchev–Trinajstić information content (AvgIpc) is 2.37. The molecule has 2 rings (SSSR count). The summed E-state index contributed by atoms with van der Waals surface area (Å²) in [6.45, 7) is 0.595. The minimum Gasteiger partial charge on any atom is -0.508 e. The molecule has 1 atom stereocenters. The summed E-state index contributed by atoms with van der Waals surface area (Å²) in [4.78, 5) is 0. The van der Waals surface area contributed by atoms with Crippen LogP contribution in [0.3, 0.4) is 0 Å². The molecular formula is C15H16BrNO. The van der Waals surface area contributed by atoms with Crippen molar-refractivity contribution in [2.45, 2.75) is 12.3 Å². The van der Waals surface area contributed by atoms with Gasteiger partial charge in [0.05, 0.1) is 0 Å². The van der Waals surface area contributed by atoms with Crippen LogP contribution < -0.4 is 5.73 Å². The summed E-state index contributed by atoms with van der Waals surface area (Å²) < 4.78 is 1.08. The van der Waals surface area contributed by atoms with E-state index in [1.54, 1.807) is 12.1 Å². The first-order valence-electron chi connectivity index (χ1n) is 5.92. The second kappa shape index (κ2) is 6.03. The predicted octanol–water partition coefficient (Wildman–Crippen LogP) is 3.44. The van der Waals surface area contributed by atoms with Crippen molar-refractivity contribution >= 4 is 15.9 Å². The van der Waals surface area contributed by atoms with Crippen LogP contribution in [0.1, 0.15) is 17.0 Å². The van der Waals surface area contributed by atoms with E-state index < -0.39 is 0 Å². The molecule has 1 unspecified atom stereocenters. The highest BCUT2D eigenvalue weighted by atomic mass is 79.9. The van der Waals surface area contributed by atoms with Crippen LogP contribution in [0.15, 0.2) is 53.0 Å². The van der Waals surface area contributed by atoms with Gasteiger partial charge in [0, 0.05) is 10.4 Å². The van der Waals surface area contributed by atoms with Crippen LogP contribution in [0.2, 0.25) is 0 Å². The Morgan fingerprint density at radius 1 is 1.11 bits per heavy atom. The summed E-state index contributed by atoms with van der Waals surface area (Å²) in [5, 5.41) is 9.30. The van der Waals surface area contributed by atoms with Crippen molar-refractivity contribution in [1.29, 1.82) is 0 Å². The Balaban J connectivity index is 2.17. The van der Waals surface area contributed by atoms with Gasteiger partial charge in [0.15, 0.2) is 0 Å². The van der Waals surface area contributed by atoms with Crippen LogP contribution in [0, 0.1) is 0 Å². The Hall–Kier alpha value is -1.32. The molecule has 2 aromatic carbocycles. The fourth-order valence-electron chi connectivity index (χ4n) is 2.03. The molecule has 3 heteroatoms. The highest BCUT2D eigenvalue weighted by molar-refractivity contribution is 9.10. The normalized spacial score (nSPS) is 12.3. The monoisotopic (exact) mass is 305 g/mol. The van der Waals surface area contributed by atoms with Crippen molar-refractivity contribution in [2.24, 2.45) is 5.73 Å². The third-order valence-corrected chi connectivity index (χ3v) is 3.51. The third-order valence-electron chi connectivity index (χ3n) is 3.02. The molecule has 0 fully saturated rings. The van der Waals surface area contributed by atoms with Gasteiger partial charge in [-0.25, -0.2) is 0 Å². The number of hydrogen-bond donors (Lipinski definition) is 2. The van der Waals surface area contributed by atoms with Crippen molar-refractivity contribution in [2.75, 3.05) is 6.54 Å². The van der Waals surface area contributed by atoms with Gasteiger partial charge in [-0.1, -0.05) is 40.2 Å². The Morgan fingerprint density at radius 3 is 2.44 bits per heavy atom. The molecule has 0 radical (unpaired) electrons. The highest BCUT2D eigenvalue weighted by Gasteiger charge is 2.10. The summed E-state index contributed by atoms with van der Waals surface area (Å²) in [7, 11) is 0. The van der Waals surface area contributed by atoms with Crippen molar-refractivity contribution < 1.29 is 5.11 Å². The maximum Gasteiger partial charge on any atom is 0.115 e. The zero-order valence-electron chi connectivity index (χ0n) is 10.0. The van der Waals surface area contributed by atoms with E-state index >= 15 is 0 Å². The van der Waals surface area contributed by atoms with Crippen LogP contribution >= 0.6 is 15.9 Å². The minimum atomic E-state index is 0.278. The van der Waals surface area contributed by atoms with Crippen LogP contribution in [0.25, 0.3) is 0 Å². The summed E-state index contributed by atoms with van der Waals surface area (Å²) in [6, 6.07) is 15.6. The minimum absolute atomic E-state index is 0.278. The quantitative estimate of drug-likeness (QED) is 0.909. The maximum atomic E-state index is 9.30. The third kappa shape index (κ3) is 3.34. The van der Waals surface area contributed by atoms with Gasteiger partial charge in [-0.2, -0.15) is 0 Å². The number of rotatable bonds is 4. The number of aromatic hydroxyl groups is 1. The van der Waals surface area contributed by atoms with Gasteiger partial charge in [-0.3, -0.25) is 0 Å². The van der Waals surface area contributed by atoms with E-state index in [1.807, 2.05) is 24.3 Å². The Kier molecular flexibility index (Phi) is 4.39. The number of phenols is 1. The van der Waals surface area contributed by atoms with Gasteiger partial charge >= 0.3 is 0 Å². The zero-order valence-corrected chi connectivity index (χ0v) is 11.6. The summed E-state index contributed by atoms with van der Waals surface area (Å²) in [5.41, 5.74) is 8.27. The highest BCUT2D eigenvalue weighted by Crippen LogP contribution is 2.23. The Morgan fingerprint density at radius 2 is 1.83 bits per heavy atom. The van der Waals surface area contributed by atoms with Gasteiger partial charge in [0.25, 0.3) is 0 Å². The lowest BCUT2D eigenvalue weighted by molar-refractivity contribution is 0.475. The average molecular weight is 306 g/mol. The van der Waals surface area contributed by atoms with Crippen LogP contribution in [-0.4, -0.2) is 11.7 Å². The lowest BCUT2D eigenvalue weighted by atomic mass is 9.92. The molecule has 0 aliphatic heterocycles. The fraction of sp³-hybridized carbons (Fsp3) is 0.200. The number of phenolic OH excluding ortho intramolecular Hbond substituents is 1. The van der Waals surface area contributed by atoms with Gasteiger partial charge in [-0.15, -0.1) is 0 Å². The first-order chi connectivity index (χ1) is 8.69. The first-order valence-corrected chi connectivity index (χ1v) is 6.72. The number of nitrogens with two attached hydrogens (primary N) is 1. The van der Waals surface area contributed by atoms with Crippen molar-refractivity contribution in [1.82, 2.24) is 0 Å². The molecule has 2 aromatic rings. The molecule has 0 amide bonds. The summed E-state index contributed by atoms with van der Waals surface area (Å²) in [5.74, 6) is 0.567. The van der Waals surface area contributed by atoms with E-state index in [1.165, 1.54) is 5.56 Å². The molecule has 0 bridgehead atoms. The zero-order chi connectivity index (χ0) is 13.0. The Labute approximate surface area is 116 Å². The van der Waals surface area contributed by atoms with Gasteiger partial charge in [0.1, 0.15) is 5.75 Å². The molecule has 0 aliphatic carbocycles. The molecule has 0 aliphatic rings. The number of hydrogen-bond acceptors (Lipinski definition) is 2. The van der Waals surface area contributed by atoms with E-state index in [9.17, 15) is 5.11 Å². The fourth-order valence-corrected chi connectivity index (χ4v) is 2.48. The molecule has 18 heavy (non-hydrogen) atoms. The molecule has 0 spiro atoms. The van der Waals surface area contributed by atoms with E-state index in [0.717, 1.165) is 16.5 Å². The van der Waals surface area contributed by atoms with Gasteiger partial charge in [0.2, 0.25) is 0 Å². The molecular weight excluding hydrogens is 290 g/mol. The molecule has 0 aromatic heterocycles. The van der Waals surface area contributed by atoms with Crippen LogP contribution in [0.5, 0.6) is 5.75 Å². The van der Waals surface area contributed by atoms with E-state index in [4.69, 9.17) is 5.73 Å². The number of benzene rings is 2. The van der Waals surface area contributed by atoms with Crippen molar-refractivity contribution in [3.63, 3.8) is 0 Å². The van der Waals surface area contributed by atoms with Crippen LogP contribution in [-0.2, 0) is 6.42 Å². The largest absolute Gasteiger partial charge is 0.508 e. The summed E-state index contributed by atoms with van der Waals surface area (Å²) >= 11 is 3.48. The van der Waals surface area contributed by atoms with Gasteiger partial charge < -0.3 is 10.8 Å². The molecule has 2 nitrogen and oxygen atoms in total. The second-order valence-electron chi connectivity index (χ2n) is 4.36. The van der Waals surface area contributed by atoms with Crippen molar-refractivity contribution in [3.8, 4) is 5.75 Å². The SMILES string of the molecule is NCC(Cc1cccc(Br)c1)c1ccc(O)cc1. The predicted molar refractivity (Wildman–Crippen MR) is 77.7 cm³/mol. The topological polar surface area (TPSA) is 46.2 Å². The lowest BCUT2D eigenvalue weighted by Crippen LogP contribution is -2.14. The smallest absolute Gasteiger partial charge is 0.115 e. The molecule has 3 N–H and O–H groups in total. The summed E-state index contributed by atoms with van der Waals surface area (Å²) in [6.07, 6.45) is 0.903. The van der Waals surface area contributed by atoms with Gasteiger partial charge in [-0.05, 0) is 48.4 Å². The van der Waals surface area contributed by atoms with Crippen molar-refractivity contribution in [3.05, 3.63) is 64.1 Å². The molecule has 0 saturated carbocycles. The second-order valence-corrected chi connectivity index (χ2v) is 5.27. The molecule has 0 heterocycles. The van der Waals surface area contributed by atoms with Crippen LogP contribution in [0.4, 0.5) is 0 Å². The standard InChI is InChI=1S/C15H16BrNO/c16-14-3-1-2-11(9-14)8-13(10-17)12-4-6-15(18)7-5-12/h1-7,9,13,18H,8,10,17H2. The maximum absolute atomic E-state index is 9.30. The lowest BCUT2D eigenvalue weighted by Gasteiger charge is -2.15. The molecule has 0 saturated heterocycles. The molecule has 94 valence electrons. The van der Waals surface area contributed by atoms with E-state index in [2.05, 4.69) is 28.1 Å². The van der Waals surface area contributed by atoms with E-state index in [-0.39, 0.29) is 11.7 Å².